The number of piperidine rings is 1. The predicted octanol–water partition coefficient (Wildman–Crippen LogP) is 3.74. The lowest BCUT2D eigenvalue weighted by atomic mass is 10.1. The number of hydrogen-bond acceptors (Lipinski definition) is 4. The van der Waals surface area contributed by atoms with Crippen LogP contribution in [0.3, 0.4) is 0 Å². The summed E-state index contributed by atoms with van der Waals surface area (Å²) in [6, 6.07) is 10.3. The van der Waals surface area contributed by atoms with Crippen molar-refractivity contribution in [2.24, 2.45) is 0 Å². The highest BCUT2D eigenvalue weighted by atomic mass is 32.2. The number of carbonyl (C=O) groups is 1. The molecule has 1 aliphatic rings. The Hall–Kier alpha value is -2.38. The van der Waals surface area contributed by atoms with Crippen LogP contribution in [0.15, 0.2) is 41.3 Å². The maximum atomic E-state index is 13.1. The van der Waals surface area contributed by atoms with Crippen molar-refractivity contribution < 1.29 is 17.9 Å². The van der Waals surface area contributed by atoms with Crippen molar-refractivity contribution in [3.63, 3.8) is 0 Å². The maximum Gasteiger partial charge on any atom is 0.255 e. The second-order valence-electron chi connectivity index (χ2n) is 7.16. The van der Waals surface area contributed by atoms with Crippen LogP contribution in [0.5, 0.6) is 5.75 Å². The number of amides is 1. The van der Waals surface area contributed by atoms with Crippen molar-refractivity contribution in [3.8, 4) is 5.75 Å². The number of ether oxygens (including phenoxy) is 1. The van der Waals surface area contributed by atoms with E-state index in [0.29, 0.717) is 18.8 Å². The summed E-state index contributed by atoms with van der Waals surface area (Å²) in [6.45, 7) is 4.90. The third-order valence-electron chi connectivity index (χ3n) is 4.84. The van der Waals surface area contributed by atoms with Gasteiger partial charge in [-0.25, -0.2) is 8.42 Å². The summed E-state index contributed by atoms with van der Waals surface area (Å²) in [5.74, 6) is -0.115. The molecule has 6 nitrogen and oxygen atoms in total. The van der Waals surface area contributed by atoms with Crippen molar-refractivity contribution in [1.82, 2.24) is 4.31 Å². The zero-order valence-corrected chi connectivity index (χ0v) is 17.3. The number of benzene rings is 2. The fraction of sp³-hybridized carbons (Fsp3) is 0.381. The van der Waals surface area contributed by atoms with E-state index >= 15 is 0 Å². The largest absolute Gasteiger partial charge is 0.495 e. The molecule has 2 aromatic rings. The van der Waals surface area contributed by atoms with E-state index in [9.17, 15) is 13.2 Å². The first-order valence-corrected chi connectivity index (χ1v) is 10.8. The molecule has 2 aromatic carbocycles. The molecule has 0 unspecified atom stereocenters. The summed E-state index contributed by atoms with van der Waals surface area (Å²) in [7, 11) is -2.29. The van der Waals surface area contributed by atoms with Crippen molar-refractivity contribution in [2.45, 2.75) is 38.0 Å². The molecule has 0 aliphatic carbocycles. The number of rotatable bonds is 5. The third-order valence-corrected chi connectivity index (χ3v) is 6.76. The van der Waals surface area contributed by atoms with Gasteiger partial charge in [-0.05, 0) is 68.1 Å². The minimum atomic E-state index is -3.72. The summed E-state index contributed by atoms with van der Waals surface area (Å²) in [5, 5.41) is 2.85. The molecule has 1 fully saturated rings. The Morgan fingerprint density at radius 2 is 1.64 bits per heavy atom. The number of sulfonamides is 1. The standard InChI is InChI=1S/C21H26N2O4S/c1-15-11-16(2)13-18(12-15)22-21(24)17-7-8-19(27-3)20(14-17)28(25,26)23-9-5-4-6-10-23/h7-8,11-14H,4-6,9-10H2,1-3H3,(H,22,24). The fourth-order valence-corrected chi connectivity index (χ4v) is 5.21. The molecule has 0 atom stereocenters. The Balaban J connectivity index is 1.92. The number of hydrogen-bond donors (Lipinski definition) is 1. The van der Waals surface area contributed by atoms with Crippen LogP contribution in [0, 0.1) is 13.8 Å². The van der Waals surface area contributed by atoms with Crippen LogP contribution < -0.4 is 10.1 Å². The average molecular weight is 403 g/mol. The highest BCUT2D eigenvalue weighted by Crippen LogP contribution is 2.30. The fourth-order valence-electron chi connectivity index (χ4n) is 3.51. The van der Waals surface area contributed by atoms with Gasteiger partial charge in [0.15, 0.2) is 0 Å². The molecular formula is C21H26N2O4S. The second-order valence-corrected chi connectivity index (χ2v) is 9.07. The topological polar surface area (TPSA) is 75.7 Å². The molecule has 1 heterocycles. The molecule has 0 radical (unpaired) electrons. The molecule has 1 N–H and O–H groups in total. The molecule has 1 amide bonds. The summed E-state index contributed by atoms with van der Waals surface area (Å²) in [5.41, 5.74) is 3.03. The smallest absolute Gasteiger partial charge is 0.255 e. The minimum absolute atomic E-state index is 0.0324. The summed E-state index contributed by atoms with van der Waals surface area (Å²) >= 11 is 0. The van der Waals surface area contributed by atoms with Crippen LogP contribution in [0.1, 0.15) is 40.7 Å². The van der Waals surface area contributed by atoms with Gasteiger partial charge >= 0.3 is 0 Å². The molecular weight excluding hydrogens is 376 g/mol. The molecule has 1 aliphatic heterocycles. The molecule has 150 valence electrons. The first kappa shape index (κ1) is 20.4. The number of nitrogens with zero attached hydrogens (tertiary/aromatic N) is 1. The Labute approximate surface area is 166 Å². The summed E-state index contributed by atoms with van der Waals surface area (Å²) in [6.07, 6.45) is 2.71. The van der Waals surface area contributed by atoms with Crippen molar-refractivity contribution in [3.05, 3.63) is 53.1 Å². The van der Waals surface area contributed by atoms with E-state index in [0.717, 1.165) is 30.4 Å². The first-order valence-electron chi connectivity index (χ1n) is 9.39. The van der Waals surface area contributed by atoms with Crippen LogP contribution >= 0.6 is 0 Å². The number of carbonyl (C=O) groups excluding carboxylic acids is 1. The monoisotopic (exact) mass is 402 g/mol. The lowest BCUT2D eigenvalue weighted by molar-refractivity contribution is 0.102. The summed E-state index contributed by atoms with van der Waals surface area (Å²) < 4.78 is 32.9. The van der Waals surface area contributed by atoms with Gasteiger partial charge in [0.2, 0.25) is 10.0 Å². The van der Waals surface area contributed by atoms with Crippen LogP contribution in [0.4, 0.5) is 5.69 Å². The van der Waals surface area contributed by atoms with Gasteiger partial charge in [0, 0.05) is 24.3 Å². The van der Waals surface area contributed by atoms with Crippen molar-refractivity contribution in [1.29, 1.82) is 0 Å². The lowest BCUT2D eigenvalue weighted by Crippen LogP contribution is -2.35. The van der Waals surface area contributed by atoms with Crippen molar-refractivity contribution in [2.75, 3.05) is 25.5 Å². The molecule has 7 heteroatoms. The van der Waals surface area contributed by atoms with Gasteiger partial charge in [-0.1, -0.05) is 12.5 Å². The van der Waals surface area contributed by atoms with E-state index < -0.39 is 10.0 Å². The Morgan fingerprint density at radius 1 is 1.00 bits per heavy atom. The average Bonchev–Trinajstić information content (AvgIpc) is 2.67. The van der Waals surface area contributed by atoms with Gasteiger partial charge in [0.05, 0.1) is 7.11 Å². The molecule has 3 rings (SSSR count). The van der Waals surface area contributed by atoms with Crippen LogP contribution in [-0.2, 0) is 10.0 Å². The van der Waals surface area contributed by atoms with Gasteiger partial charge in [-0.2, -0.15) is 4.31 Å². The third kappa shape index (κ3) is 4.36. The minimum Gasteiger partial charge on any atom is -0.495 e. The lowest BCUT2D eigenvalue weighted by Gasteiger charge is -2.26. The van der Waals surface area contributed by atoms with Crippen LogP contribution in [0.2, 0.25) is 0 Å². The zero-order valence-electron chi connectivity index (χ0n) is 16.5. The molecule has 1 saturated heterocycles. The van der Waals surface area contributed by atoms with E-state index in [1.807, 2.05) is 32.0 Å². The zero-order chi connectivity index (χ0) is 20.3. The summed E-state index contributed by atoms with van der Waals surface area (Å²) in [4.78, 5) is 12.8. The highest BCUT2D eigenvalue weighted by Gasteiger charge is 2.29. The van der Waals surface area contributed by atoms with Gasteiger partial charge in [-0.3, -0.25) is 4.79 Å². The second kappa shape index (κ2) is 8.32. The predicted molar refractivity (Wildman–Crippen MR) is 109 cm³/mol. The van der Waals surface area contributed by atoms with E-state index in [1.165, 1.54) is 23.5 Å². The SMILES string of the molecule is COc1ccc(C(=O)Nc2cc(C)cc(C)c2)cc1S(=O)(=O)N1CCCCC1. The van der Waals surface area contributed by atoms with Gasteiger partial charge < -0.3 is 10.1 Å². The molecule has 0 aromatic heterocycles. The number of aryl methyl sites for hydroxylation is 2. The van der Waals surface area contributed by atoms with Crippen LogP contribution in [-0.4, -0.2) is 38.8 Å². The van der Waals surface area contributed by atoms with E-state index in [1.54, 1.807) is 6.07 Å². The quantitative estimate of drug-likeness (QED) is 0.827. The maximum absolute atomic E-state index is 13.1. The molecule has 0 saturated carbocycles. The van der Waals surface area contributed by atoms with Crippen molar-refractivity contribution >= 4 is 21.6 Å². The van der Waals surface area contributed by atoms with Gasteiger partial charge in [0.25, 0.3) is 5.91 Å². The Bertz CT molecular complexity index is 960. The number of methoxy groups -OCH3 is 1. The number of anilines is 1. The van der Waals surface area contributed by atoms with Gasteiger partial charge in [0.1, 0.15) is 10.6 Å². The Morgan fingerprint density at radius 3 is 2.25 bits per heavy atom. The Kier molecular flexibility index (Phi) is 6.05. The van der Waals surface area contributed by atoms with E-state index in [-0.39, 0.29) is 22.1 Å². The molecule has 0 spiro atoms. The van der Waals surface area contributed by atoms with Gasteiger partial charge in [-0.15, -0.1) is 0 Å². The normalized spacial score (nSPS) is 15.2. The highest BCUT2D eigenvalue weighted by molar-refractivity contribution is 7.89. The van der Waals surface area contributed by atoms with E-state index in [4.69, 9.17) is 4.74 Å². The number of nitrogens with one attached hydrogen (secondary N) is 1. The first-order chi connectivity index (χ1) is 13.3. The molecule has 0 bridgehead atoms. The molecule has 28 heavy (non-hydrogen) atoms. The van der Waals surface area contributed by atoms with Crippen LogP contribution in [0.25, 0.3) is 0 Å². The van der Waals surface area contributed by atoms with E-state index in [2.05, 4.69) is 5.32 Å².